The highest BCUT2D eigenvalue weighted by atomic mass is 15.2. The Morgan fingerprint density at radius 3 is 2.48 bits per heavy atom. The van der Waals surface area contributed by atoms with Crippen molar-refractivity contribution >= 4 is 11.8 Å². The Morgan fingerprint density at radius 1 is 0.920 bits per heavy atom. The van der Waals surface area contributed by atoms with Gasteiger partial charge in [0.2, 0.25) is 5.95 Å². The van der Waals surface area contributed by atoms with Gasteiger partial charge in [-0.1, -0.05) is 12.1 Å². The monoisotopic (exact) mass is 332 g/mol. The molecule has 4 rings (SSSR count). The molecule has 6 nitrogen and oxygen atoms in total. The van der Waals surface area contributed by atoms with Crippen molar-refractivity contribution in [1.82, 2.24) is 19.9 Å². The average Bonchev–Trinajstić information content (AvgIpc) is 3.47. The number of rotatable bonds is 7. The number of pyridine rings is 2. The number of anilines is 2. The van der Waals surface area contributed by atoms with Crippen molar-refractivity contribution < 1.29 is 0 Å². The van der Waals surface area contributed by atoms with E-state index in [0.29, 0.717) is 12.0 Å². The van der Waals surface area contributed by atoms with Crippen molar-refractivity contribution in [3.05, 3.63) is 60.6 Å². The van der Waals surface area contributed by atoms with Crippen LogP contribution in [-0.4, -0.2) is 32.5 Å². The minimum absolute atomic E-state index is 0.500. The van der Waals surface area contributed by atoms with E-state index in [1.807, 2.05) is 48.7 Å². The second-order valence-electron chi connectivity index (χ2n) is 6.09. The van der Waals surface area contributed by atoms with Crippen molar-refractivity contribution in [2.75, 3.05) is 17.2 Å². The Labute approximate surface area is 146 Å². The molecule has 0 atom stereocenters. The first-order chi connectivity index (χ1) is 12.4. The summed E-state index contributed by atoms with van der Waals surface area (Å²) in [4.78, 5) is 17.9. The number of aromatic nitrogens is 4. The second-order valence-corrected chi connectivity index (χ2v) is 6.09. The van der Waals surface area contributed by atoms with Crippen LogP contribution in [0, 0.1) is 0 Å². The largest absolute Gasteiger partial charge is 0.369 e. The maximum Gasteiger partial charge on any atom is 0.225 e. The van der Waals surface area contributed by atoms with Crippen LogP contribution in [0.25, 0.3) is 11.4 Å². The van der Waals surface area contributed by atoms with E-state index >= 15 is 0 Å². The maximum atomic E-state index is 4.61. The van der Waals surface area contributed by atoms with Crippen LogP contribution in [0.2, 0.25) is 0 Å². The van der Waals surface area contributed by atoms with Crippen LogP contribution in [0.4, 0.5) is 11.8 Å². The van der Waals surface area contributed by atoms with Crippen molar-refractivity contribution in [3.8, 4) is 11.4 Å². The van der Waals surface area contributed by atoms with E-state index in [1.54, 1.807) is 6.20 Å². The molecular formula is C19H20N6. The van der Waals surface area contributed by atoms with Gasteiger partial charge >= 0.3 is 0 Å². The van der Waals surface area contributed by atoms with Crippen LogP contribution < -0.4 is 10.6 Å². The summed E-state index contributed by atoms with van der Waals surface area (Å²) in [5, 5.41) is 6.75. The van der Waals surface area contributed by atoms with Crippen LogP contribution in [0.15, 0.2) is 54.9 Å². The van der Waals surface area contributed by atoms with E-state index in [4.69, 9.17) is 0 Å². The summed E-state index contributed by atoms with van der Waals surface area (Å²) in [5.74, 6) is 1.46. The maximum absolute atomic E-state index is 4.61. The van der Waals surface area contributed by atoms with Crippen molar-refractivity contribution in [2.24, 2.45) is 0 Å². The zero-order valence-electron chi connectivity index (χ0n) is 13.9. The van der Waals surface area contributed by atoms with E-state index in [0.717, 1.165) is 35.9 Å². The molecule has 1 saturated carbocycles. The third-order valence-corrected chi connectivity index (χ3v) is 3.98. The van der Waals surface area contributed by atoms with Crippen LogP contribution in [0.3, 0.4) is 0 Å². The molecule has 1 aliphatic carbocycles. The lowest BCUT2D eigenvalue weighted by atomic mass is 10.2. The third kappa shape index (κ3) is 4.29. The molecule has 1 aliphatic rings. The van der Waals surface area contributed by atoms with Gasteiger partial charge in [0.25, 0.3) is 0 Å². The summed E-state index contributed by atoms with van der Waals surface area (Å²) in [7, 11) is 0. The van der Waals surface area contributed by atoms with E-state index in [-0.39, 0.29) is 0 Å². The fourth-order valence-electron chi connectivity index (χ4n) is 2.52. The molecule has 1 fully saturated rings. The van der Waals surface area contributed by atoms with Gasteiger partial charge in [-0.25, -0.2) is 4.98 Å². The molecular weight excluding hydrogens is 312 g/mol. The summed E-state index contributed by atoms with van der Waals surface area (Å²) in [6.45, 7) is 0.762. The summed E-state index contributed by atoms with van der Waals surface area (Å²) in [5.41, 5.74) is 2.72. The van der Waals surface area contributed by atoms with Crippen LogP contribution >= 0.6 is 0 Å². The number of hydrogen-bond donors (Lipinski definition) is 2. The smallest absolute Gasteiger partial charge is 0.225 e. The van der Waals surface area contributed by atoms with E-state index in [9.17, 15) is 0 Å². The molecule has 0 spiro atoms. The van der Waals surface area contributed by atoms with Gasteiger partial charge in [0.15, 0.2) is 0 Å². The highest BCUT2D eigenvalue weighted by molar-refractivity contribution is 5.61. The fourth-order valence-corrected chi connectivity index (χ4v) is 2.52. The third-order valence-electron chi connectivity index (χ3n) is 3.98. The van der Waals surface area contributed by atoms with Crippen molar-refractivity contribution in [1.29, 1.82) is 0 Å². The van der Waals surface area contributed by atoms with Crippen LogP contribution in [-0.2, 0) is 6.42 Å². The average molecular weight is 332 g/mol. The van der Waals surface area contributed by atoms with Crippen LogP contribution in [0.5, 0.6) is 0 Å². The second kappa shape index (κ2) is 7.25. The lowest BCUT2D eigenvalue weighted by Crippen LogP contribution is -2.11. The minimum Gasteiger partial charge on any atom is -0.369 e. The number of nitrogens with zero attached hydrogens (tertiary/aromatic N) is 4. The van der Waals surface area contributed by atoms with E-state index in [2.05, 4.69) is 30.6 Å². The minimum atomic E-state index is 0.500. The molecule has 3 heterocycles. The highest BCUT2D eigenvalue weighted by Gasteiger charge is 2.22. The lowest BCUT2D eigenvalue weighted by molar-refractivity contribution is 0.948. The first-order valence-corrected chi connectivity index (χ1v) is 8.58. The zero-order chi connectivity index (χ0) is 16.9. The fraction of sp³-hybridized carbons (Fsp3) is 0.263. The van der Waals surface area contributed by atoms with Gasteiger partial charge in [0.05, 0.1) is 11.4 Å². The van der Waals surface area contributed by atoms with Gasteiger partial charge in [0, 0.05) is 43.2 Å². The summed E-state index contributed by atoms with van der Waals surface area (Å²) < 4.78 is 0. The summed E-state index contributed by atoms with van der Waals surface area (Å²) in [6.07, 6.45) is 6.80. The Hall–Kier alpha value is -3.02. The Bertz CT molecular complexity index is 818. The summed E-state index contributed by atoms with van der Waals surface area (Å²) >= 11 is 0. The quantitative estimate of drug-likeness (QED) is 0.692. The number of nitrogens with one attached hydrogen (secondary N) is 2. The van der Waals surface area contributed by atoms with Crippen molar-refractivity contribution in [2.45, 2.75) is 25.3 Å². The van der Waals surface area contributed by atoms with Crippen LogP contribution in [0.1, 0.15) is 18.5 Å². The predicted molar refractivity (Wildman–Crippen MR) is 98.3 cm³/mol. The first kappa shape index (κ1) is 15.5. The van der Waals surface area contributed by atoms with Gasteiger partial charge < -0.3 is 10.6 Å². The molecule has 0 amide bonds. The lowest BCUT2D eigenvalue weighted by Gasteiger charge is -2.10. The van der Waals surface area contributed by atoms with Gasteiger partial charge in [0.1, 0.15) is 5.82 Å². The normalized spacial score (nSPS) is 13.4. The molecule has 25 heavy (non-hydrogen) atoms. The van der Waals surface area contributed by atoms with Gasteiger partial charge in [-0.15, -0.1) is 0 Å². The summed E-state index contributed by atoms with van der Waals surface area (Å²) in [6, 6.07) is 14.2. The standard InChI is InChI=1S/C19H20N6/c1-3-10-20-14(5-1)9-12-22-18-13-17(16-6-2-4-11-21-16)24-19(25-18)23-15-7-8-15/h1-6,10-11,13,15H,7-9,12H2,(H2,22,23,24,25). The Balaban J connectivity index is 1.51. The molecule has 6 heteroatoms. The predicted octanol–water partition coefficient (Wildman–Crippen LogP) is 3.16. The molecule has 0 unspecified atom stereocenters. The van der Waals surface area contributed by atoms with Gasteiger partial charge in [-0.3, -0.25) is 9.97 Å². The molecule has 3 aromatic rings. The van der Waals surface area contributed by atoms with Crippen molar-refractivity contribution in [3.63, 3.8) is 0 Å². The first-order valence-electron chi connectivity index (χ1n) is 8.58. The Morgan fingerprint density at radius 2 is 1.76 bits per heavy atom. The van der Waals surface area contributed by atoms with E-state index < -0.39 is 0 Å². The topological polar surface area (TPSA) is 75.6 Å². The molecule has 0 bridgehead atoms. The Kier molecular flexibility index (Phi) is 4.50. The molecule has 2 N–H and O–H groups in total. The van der Waals surface area contributed by atoms with E-state index in [1.165, 1.54) is 12.8 Å². The van der Waals surface area contributed by atoms with Gasteiger partial charge in [-0.2, -0.15) is 4.98 Å². The zero-order valence-corrected chi connectivity index (χ0v) is 13.9. The highest BCUT2D eigenvalue weighted by Crippen LogP contribution is 2.25. The van der Waals surface area contributed by atoms with Gasteiger partial charge in [-0.05, 0) is 37.1 Å². The SMILES string of the molecule is c1ccc(CCNc2cc(-c3ccccn3)nc(NC3CC3)n2)nc1. The molecule has 3 aromatic heterocycles. The number of hydrogen-bond acceptors (Lipinski definition) is 6. The molecule has 0 saturated heterocycles. The molecule has 126 valence electrons. The molecule has 0 aliphatic heterocycles. The molecule has 0 aromatic carbocycles. The molecule has 0 radical (unpaired) electrons.